The lowest BCUT2D eigenvalue weighted by Gasteiger charge is -2.11. The molecular weight excluding hydrogens is 308 g/mol. The Kier molecular flexibility index (Phi) is 4.60. The van der Waals surface area contributed by atoms with Crippen LogP contribution in [0.4, 0.5) is 0 Å². The van der Waals surface area contributed by atoms with E-state index in [1.807, 2.05) is 0 Å². The quantitative estimate of drug-likeness (QED) is 0.890. The van der Waals surface area contributed by atoms with Crippen LogP contribution >= 0.6 is 27.3 Å². The lowest BCUT2D eigenvalue weighted by atomic mass is 10.0. The predicted octanol–water partition coefficient (Wildman–Crippen LogP) is 4.27. The average molecular weight is 325 g/mol. The average Bonchev–Trinajstić information content (AvgIpc) is 2.61. The van der Waals surface area contributed by atoms with Crippen LogP contribution in [-0.4, -0.2) is 11.2 Å². The second kappa shape index (κ2) is 6.00. The van der Waals surface area contributed by atoms with Gasteiger partial charge in [-0.2, -0.15) is 0 Å². The summed E-state index contributed by atoms with van der Waals surface area (Å²) in [4.78, 5) is 1.22. The lowest BCUT2D eigenvalue weighted by molar-refractivity contribution is 0.176. The van der Waals surface area contributed by atoms with E-state index in [1.54, 1.807) is 11.3 Å². The third-order valence-corrected chi connectivity index (χ3v) is 4.53. The number of hydrogen-bond acceptors (Lipinski definition) is 2. The van der Waals surface area contributed by atoms with Crippen molar-refractivity contribution < 1.29 is 5.11 Å². The van der Waals surface area contributed by atoms with Gasteiger partial charge in [-0.1, -0.05) is 29.3 Å². The van der Waals surface area contributed by atoms with E-state index in [2.05, 4.69) is 59.4 Å². The predicted molar refractivity (Wildman–Crippen MR) is 81.3 cm³/mol. The highest BCUT2D eigenvalue weighted by Crippen LogP contribution is 2.22. The molecule has 1 nitrogen and oxygen atoms in total. The van der Waals surface area contributed by atoms with E-state index in [9.17, 15) is 5.11 Å². The number of aliphatic hydroxyl groups excluding tert-OH is 1. The van der Waals surface area contributed by atoms with Crippen LogP contribution in [0.25, 0.3) is 0 Å². The van der Waals surface area contributed by atoms with Crippen molar-refractivity contribution >= 4 is 27.3 Å². The molecule has 0 spiro atoms. The normalized spacial score (nSPS) is 12.7. The van der Waals surface area contributed by atoms with Gasteiger partial charge in [-0.05, 0) is 47.8 Å². The van der Waals surface area contributed by atoms with Gasteiger partial charge in [0.25, 0.3) is 0 Å². The zero-order chi connectivity index (χ0) is 13.1. The standard InChI is InChI=1S/C15H17BrOS/c1-10-3-11(2)5-12(4-10)6-14(17)8-15-7-13(16)9-18-15/h3-5,7,9,14,17H,6,8H2,1-2H3. The summed E-state index contributed by atoms with van der Waals surface area (Å²) in [5.74, 6) is 0. The lowest BCUT2D eigenvalue weighted by Crippen LogP contribution is -2.13. The molecule has 1 atom stereocenters. The molecule has 0 radical (unpaired) electrons. The van der Waals surface area contributed by atoms with Gasteiger partial charge in [0.05, 0.1) is 6.10 Å². The highest BCUT2D eigenvalue weighted by Gasteiger charge is 2.09. The molecule has 0 bridgehead atoms. The summed E-state index contributed by atoms with van der Waals surface area (Å²) in [5, 5.41) is 12.2. The van der Waals surface area contributed by atoms with E-state index in [1.165, 1.54) is 21.6 Å². The molecule has 0 fully saturated rings. The number of aliphatic hydroxyl groups is 1. The molecule has 0 aliphatic carbocycles. The largest absolute Gasteiger partial charge is 0.392 e. The SMILES string of the molecule is Cc1cc(C)cc(CC(O)Cc2cc(Br)cs2)c1. The highest BCUT2D eigenvalue weighted by atomic mass is 79.9. The summed E-state index contributed by atoms with van der Waals surface area (Å²) in [7, 11) is 0. The minimum absolute atomic E-state index is 0.309. The highest BCUT2D eigenvalue weighted by molar-refractivity contribution is 9.10. The van der Waals surface area contributed by atoms with Crippen LogP contribution in [0.15, 0.2) is 34.1 Å². The Bertz CT molecular complexity index is 513. The van der Waals surface area contributed by atoms with Gasteiger partial charge in [0, 0.05) is 21.2 Å². The monoisotopic (exact) mass is 324 g/mol. The van der Waals surface area contributed by atoms with Crippen LogP contribution in [0, 0.1) is 13.8 Å². The van der Waals surface area contributed by atoms with Crippen molar-refractivity contribution in [3.05, 3.63) is 55.7 Å². The maximum atomic E-state index is 10.1. The fourth-order valence-electron chi connectivity index (χ4n) is 2.22. The van der Waals surface area contributed by atoms with E-state index >= 15 is 0 Å². The van der Waals surface area contributed by atoms with Crippen molar-refractivity contribution in [1.29, 1.82) is 0 Å². The molecule has 18 heavy (non-hydrogen) atoms. The molecule has 1 aromatic carbocycles. The van der Waals surface area contributed by atoms with Gasteiger partial charge in [0.15, 0.2) is 0 Å². The summed E-state index contributed by atoms with van der Waals surface area (Å²) in [6, 6.07) is 8.54. The molecule has 1 aromatic heterocycles. The van der Waals surface area contributed by atoms with Gasteiger partial charge in [-0.3, -0.25) is 0 Å². The van der Waals surface area contributed by atoms with E-state index in [-0.39, 0.29) is 6.10 Å². The minimum Gasteiger partial charge on any atom is -0.392 e. The number of thiophene rings is 1. The Hall–Kier alpha value is -0.640. The first-order valence-corrected chi connectivity index (χ1v) is 7.68. The molecule has 1 heterocycles. The zero-order valence-electron chi connectivity index (χ0n) is 10.6. The molecular formula is C15H17BrOS. The van der Waals surface area contributed by atoms with E-state index < -0.39 is 0 Å². The van der Waals surface area contributed by atoms with Gasteiger partial charge < -0.3 is 5.11 Å². The smallest absolute Gasteiger partial charge is 0.0628 e. The fourth-order valence-corrected chi connectivity index (χ4v) is 3.75. The zero-order valence-corrected chi connectivity index (χ0v) is 13.0. The molecule has 1 N–H and O–H groups in total. The van der Waals surface area contributed by atoms with Crippen LogP contribution in [-0.2, 0) is 12.8 Å². The second-order valence-corrected chi connectivity index (χ2v) is 6.70. The van der Waals surface area contributed by atoms with Crippen LogP contribution in [0.3, 0.4) is 0 Å². The van der Waals surface area contributed by atoms with Crippen LogP contribution < -0.4 is 0 Å². The Balaban J connectivity index is 2.00. The molecule has 0 saturated heterocycles. The number of benzene rings is 1. The first-order chi connectivity index (χ1) is 8.52. The molecule has 1 unspecified atom stereocenters. The number of aryl methyl sites for hydroxylation is 2. The number of rotatable bonds is 4. The first-order valence-electron chi connectivity index (χ1n) is 6.01. The molecule has 0 amide bonds. The van der Waals surface area contributed by atoms with Gasteiger partial charge in [0.2, 0.25) is 0 Å². The van der Waals surface area contributed by atoms with Crippen molar-refractivity contribution in [3.63, 3.8) is 0 Å². The number of hydrogen-bond donors (Lipinski definition) is 1. The van der Waals surface area contributed by atoms with Crippen LogP contribution in [0.5, 0.6) is 0 Å². The van der Waals surface area contributed by atoms with Crippen LogP contribution in [0.2, 0.25) is 0 Å². The topological polar surface area (TPSA) is 20.2 Å². The van der Waals surface area contributed by atoms with Crippen molar-refractivity contribution in [3.8, 4) is 0 Å². The summed E-state index contributed by atoms with van der Waals surface area (Å²) in [6.07, 6.45) is 1.14. The maximum absolute atomic E-state index is 10.1. The molecule has 3 heteroatoms. The van der Waals surface area contributed by atoms with Crippen molar-refractivity contribution in [2.24, 2.45) is 0 Å². The molecule has 0 saturated carbocycles. The third kappa shape index (κ3) is 3.94. The van der Waals surface area contributed by atoms with Crippen molar-refractivity contribution in [1.82, 2.24) is 0 Å². The van der Waals surface area contributed by atoms with Crippen molar-refractivity contribution in [2.45, 2.75) is 32.8 Å². The van der Waals surface area contributed by atoms with Gasteiger partial charge >= 0.3 is 0 Å². The Morgan fingerprint density at radius 3 is 2.33 bits per heavy atom. The van der Waals surface area contributed by atoms with E-state index in [0.29, 0.717) is 0 Å². The molecule has 0 aliphatic heterocycles. The minimum atomic E-state index is -0.309. The van der Waals surface area contributed by atoms with Crippen molar-refractivity contribution in [2.75, 3.05) is 0 Å². The molecule has 2 aromatic rings. The summed E-state index contributed by atoms with van der Waals surface area (Å²) in [6.45, 7) is 4.19. The van der Waals surface area contributed by atoms with E-state index in [0.717, 1.165) is 17.3 Å². The second-order valence-electron chi connectivity index (χ2n) is 4.79. The Morgan fingerprint density at radius 1 is 1.11 bits per heavy atom. The number of halogens is 1. The first kappa shape index (κ1) is 13.8. The van der Waals surface area contributed by atoms with Crippen LogP contribution in [0.1, 0.15) is 21.6 Å². The molecule has 2 rings (SSSR count). The fraction of sp³-hybridized carbons (Fsp3) is 0.333. The maximum Gasteiger partial charge on any atom is 0.0628 e. The summed E-state index contributed by atoms with van der Waals surface area (Å²) < 4.78 is 1.10. The molecule has 0 aliphatic rings. The van der Waals surface area contributed by atoms with E-state index in [4.69, 9.17) is 0 Å². The summed E-state index contributed by atoms with van der Waals surface area (Å²) in [5.41, 5.74) is 3.74. The van der Waals surface area contributed by atoms with Gasteiger partial charge in [-0.25, -0.2) is 0 Å². The Labute approximate surface area is 121 Å². The molecule has 96 valence electrons. The third-order valence-electron chi connectivity index (χ3n) is 2.81. The van der Waals surface area contributed by atoms with Gasteiger partial charge in [-0.15, -0.1) is 11.3 Å². The Morgan fingerprint density at radius 2 is 1.78 bits per heavy atom. The summed E-state index contributed by atoms with van der Waals surface area (Å²) >= 11 is 5.12. The van der Waals surface area contributed by atoms with Gasteiger partial charge in [0.1, 0.15) is 0 Å².